The van der Waals surface area contributed by atoms with Crippen LogP contribution in [0.25, 0.3) is 0 Å². The fraction of sp³-hybridized carbons (Fsp3) is 0.671. The molecule has 466 valence electrons. The fourth-order valence-electron chi connectivity index (χ4n) is 9.37. The van der Waals surface area contributed by atoms with Gasteiger partial charge in [0.05, 0.1) is 0 Å². The molecule has 82 heavy (non-hydrogen) atoms. The van der Waals surface area contributed by atoms with E-state index in [4.69, 9.17) is 14.2 Å². The van der Waals surface area contributed by atoms with Crippen LogP contribution in [0.1, 0.15) is 310 Å². The van der Waals surface area contributed by atoms with E-state index in [1.165, 1.54) is 148 Å². The summed E-state index contributed by atoms with van der Waals surface area (Å²) in [4.78, 5) is 38.4. The summed E-state index contributed by atoms with van der Waals surface area (Å²) >= 11 is 0. The Morgan fingerprint density at radius 3 is 0.793 bits per heavy atom. The van der Waals surface area contributed by atoms with Gasteiger partial charge in [0.25, 0.3) is 0 Å². The van der Waals surface area contributed by atoms with Gasteiger partial charge in [-0.15, -0.1) is 0 Å². The second-order valence-electron chi connectivity index (χ2n) is 22.3. The van der Waals surface area contributed by atoms with Crippen molar-refractivity contribution >= 4 is 17.9 Å². The minimum Gasteiger partial charge on any atom is -0.462 e. The van der Waals surface area contributed by atoms with Crippen LogP contribution in [0.5, 0.6) is 0 Å². The molecule has 0 N–H and O–H groups in total. The van der Waals surface area contributed by atoms with Gasteiger partial charge in [0, 0.05) is 19.3 Å². The van der Waals surface area contributed by atoms with E-state index in [0.29, 0.717) is 19.3 Å². The average Bonchev–Trinajstić information content (AvgIpc) is 3.47. The third-order valence-electron chi connectivity index (χ3n) is 14.4. The lowest BCUT2D eigenvalue weighted by Crippen LogP contribution is -2.30. The molecule has 6 nitrogen and oxygen atoms in total. The first-order chi connectivity index (χ1) is 40.5. The third-order valence-corrected chi connectivity index (χ3v) is 14.4. The first-order valence-corrected chi connectivity index (χ1v) is 34.2. The minimum atomic E-state index is -0.809. The van der Waals surface area contributed by atoms with E-state index in [2.05, 4.69) is 154 Å². The van der Waals surface area contributed by atoms with Crippen molar-refractivity contribution in [3.8, 4) is 0 Å². The average molecular weight is 1140 g/mol. The van der Waals surface area contributed by atoms with E-state index in [1.807, 2.05) is 0 Å². The number of unbranched alkanes of at least 4 members (excludes halogenated alkanes) is 28. The minimum absolute atomic E-state index is 0.0985. The Labute approximate surface area is 506 Å². The van der Waals surface area contributed by atoms with Crippen LogP contribution in [0, 0.1) is 0 Å². The van der Waals surface area contributed by atoms with E-state index in [9.17, 15) is 14.4 Å². The fourth-order valence-corrected chi connectivity index (χ4v) is 9.37. The number of carbonyl (C=O) groups excluding carboxylic acids is 3. The zero-order valence-corrected chi connectivity index (χ0v) is 53.5. The van der Waals surface area contributed by atoms with Crippen molar-refractivity contribution in [3.63, 3.8) is 0 Å². The Hall–Kier alpha value is -4.45. The standard InChI is InChI=1S/C76H126O6/c1-4-7-10-13-16-19-22-25-28-31-34-36-38-40-42-45-48-51-54-57-60-63-66-69-75(78)81-72-73(71-80-74(77)68-65-62-59-56-53-50-47-44-33-30-27-24-21-18-15-12-9-6-3)82-76(79)70-67-64-61-58-55-52-49-46-43-41-39-37-35-32-29-26-23-20-17-14-11-8-5-2/h7-8,10-11,16-17,19-20,25-26,28-29,34-37,40,42,48,51,57,60,73H,4-6,9,12-15,18,21-24,27,30-33,38-39,41,43-47,49-50,52-56,58-59,61-72H2,1-3H3/b10-7-,11-8-,19-16-,20-17-,28-25-,29-26-,36-34-,37-35-,42-40-,51-48-,60-57-. The molecule has 1 atom stereocenters. The van der Waals surface area contributed by atoms with E-state index in [-0.39, 0.29) is 37.5 Å². The summed E-state index contributed by atoms with van der Waals surface area (Å²) in [6, 6.07) is 0. The van der Waals surface area contributed by atoms with E-state index in [1.54, 1.807) is 0 Å². The molecule has 6 heteroatoms. The van der Waals surface area contributed by atoms with Crippen molar-refractivity contribution in [2.75, 3.05) is 13.2 Å². The number of esters is 3. The zero-order valence-electron chi connectivity index (χ0n) is 53.5. The van der Waals surface area contributed by atoms with Crippen molar-refractivity contribution in [2.45, 2.75) is 316 Å². The number of carbonyl (C=O) groups is 3. The first-order valence-electron chi connectivity index (χ1n) is 34.2. The quantitative estimate of drug-likeness (QED) is 0.0261. The van der Waals surface area contributed by atoms with Crippen molar-refractivity contribution in [3.05, 3.63) is 134 Å². The van der Waals surface area contributed by atoms with Gasteiger partial charge >= 0.3 is 17.9 Å². The predicted molar refractivity (Wildman–Crippen MR) is 357 cm³/mol. The van der Waals surface area contributed by atoms with Gasteiger partial charge in [-0.3, -0.25) is 14.4 Å². The van der Waals surface area contributed by atoms with Crippen molar-refractivity contribution in [2.24, 2.45) is 0 Å². The molecule has 0 aliphatic rings. The molecule has 0 rings (SSSR count). The molecule has 0 aromatic carbocycles. The number of hydrogen-bond donors (Lipinski definition) is 0. The smallest absolute Gasteiger partial charge is 0.306 e. The topological polar surface area (TPSA) is 78.9 Å². The molecule has 0 fully saturated rings. The van der Waals surface area contributed by atoms with Gasteiger partial charge in [0.15, 0.2) is 6.10 Å². The van der Waals surface area contributed by atoms with Crippen molar-refractivity contribution < 1.29 is 28.6 Å². The second kappa shape index (κ2) is 69.0. The van der Waals surface area contributed by atoms with Crippen LogP contribution >= 0.6 is 0 Å². The number of ether oxygens (including phenoxy) is 3. The van der Waals surface area contributed by atoms with Gasteiger partial charge in [0.1, 0.15) is 13.2 Å². The highest BCUT2D eigenvalue weighted by molar-refractivity contribution is 5.71. The van der Waals surface area contributed by atoms with Crippen LogP contribution in [-0.2, 0) is 28.6 Å². The van der Waals surface area contributed by atoms with E-state index < -0.39 is 6.10 Å². The normalized spacial score (nSPS) is 13.0. The molecule has 0 saturated carbocycles. The summed E-state index contributed by atoms with van der Waals surface area (Å²) in [5.74, 6) is -0.956. The Bertz CT molecular complexity index is 1730. The number of hydrogen-bond acceptors (Lipinski definition) is 6. The molecule has 0 radical (unpaired) electrons. The Morgan fingerprint density at radius 2 is 0.488 bits per heavy atom. The molecule has 0 aromatic heterocycles. The monoisotopic (exact) mass is 1130 g/mol. The lowest BCUT2D eigenvalue weighted by molar-refractivity contribution is -0.167. The van der Waals surface area contributed by atoms with Gasteiger partial charge in [-0.2, -0.15) is 0 Å². The van der Waals surface area contributed by atoms with E-state index in [0.717, 1.165) is 116 Å². The Morgan fingerprint density at radius 1 is 0.256 bits per heavy atom. The van der Waals surface area contributed by atoms with Crippen LogP contribution in [0.2, 0.25) is 0 Å². The number of allylic oxidation sites excluding steroid dienone is 22. The van der Waals surface area contributed by atoms with Gasteiger partial charge in [-0.05, 0) is 109 Å². The molecule has 0 saturated heterocycles. The highest BCUT2D eigenvalue weighted by Crippen LogP contribution is 2.17. The van der Waals surface area contributed by atoms with Gasteiger partial charge in [0.2, 0.25) is 0 Å². The molecule has 0 amide bonds. The summed E-state index contributed by atoms with van der Waals surface area (Å²) in [6.07, 6.45) is 97.5. The zero-order chi connectivity index (χ0) is 59.2. The first kappa shape index (κ1) is 77.5. The van der Waals surface area contributed by atoms with E-state index >= 15 is 0 Å². The summed E-state index contributed by atoms with van der Waals surface area (Å²) < 4.78 is 16.9. The lowest BCUT2D eigenvalue weighted by Gasteiger charge is -2.18. The van der Waals surface area contributed by atoms with Crippen LogP contribution in [0.4, 0.5) is 0 Å². The number of rotatable bonds is 61. The highest BCUT2D eigenvalue weighted by Gasteiger charge is 2.19. The molecule has 0 spiro atoms. The Balaban J connectivity index is 4.48. The molecular formula is C76H126O6. The van der Waals surface area contributed by atoms with Crippen molar-refractivity contribution in [1.29, 1.82) is 0 Å². The maximum atomic E-state index is 13.0. The molecular weight excluding hydrogens is 1010 g/mol. The second-order valence-corrected chi connectivity index (χ2v) is 22.3. The van der Waals surface area contributed by atoms with Crippen LogP contribution in [-0.4, -0.2) is 37.2 Å². The maximum Gasteiger partial charge on any atom is 0.306 e. The molecule has 0 aliphatic heterocycles. The summed E-state index contributed by atoms with van der Waals surface area (Å²) in [5, 5.41) is 0. The van der Waals surface area contributed by atoms with Gasteiger partial charge in [-0.25, -0.2) is 0 Å². The third kappa shape index (κ3) is 66.4. The van der Waals surface area contributed by atoms with Crippen LogP contribution < -0.4 is 0 Å². The predicted octanol–water partition coefficient (Wildman–Crippen LogP) is 23.7. The SMILES string of the molecule is CC/C=C\C/C=C\C/C=C\C/C=C\C/C=C\C/C=C\C/C=C\CCCC(=O)OCC(COC(=O)CCCCCCCCCCCCCCCCCCCC)OC(=O)CCCCCCCCCCCC/C=C\C/C=C\C/C=C\C/C=C\CC. The molecule has 0 bridgehead atoms. The summed E-state index contributed by atoms with van der Waals surface area (Å²) in [6.45, 7) is 6.39. The van der Waals surface area contributed by atoms with Crippen LogP contribution in [0.3, 0.4) is 0 Å². The van der Waals surface area contributed by atoms with Gasteiger partial charge < -0.3 is 14.2 Å². The van der Waals surface area contributed by atoms with Crippen LogP contribution in [0.15, 0.2) is 134 Å². The summed E-state index contributed by atoms with van der Waals surface area (Å²) in [7, 11) is 0. The lowest BCUT2D eigenvalue weighted by atomic mass is 10.0. The molecule has 0 heterocycles. The molecule has 1 unspecified atom stereocenters. The highest BCUT2D eigenvalue weighted by atomic mass is 16.6. The van der Waals surface area contributed by atoms with Crippen molar-refractivity contribution in [1.82, 2.24) is 0 Å². The van der Waals surface area contributed by atoms with Gasteiger partial charge in [-0.1, -0.05) is 315 Å². The Kier molecular flexibility index (Phi) is 65.3. The molecule has 0 aromatic rings. The molecule has 0 aliphatic carbocycles. The summed E-state index contributed by atoms with van der Waals surface area (Å²) in [5.41, 5.74) is 0. The largest absolute Gasteiger partial charge is 0.462 e. The maximum absolute atomic E-state index is 13.0.